The zero-order valence-corrected chi connectivity index (χ0v) is 19.4. The Labute approximate surface area is 193 Å². The van der Waals surface area contributed by atoms with Crippen molar-refractivity contribution in [2.24, 2.45) is 12.8 Å². The number of pyridine rings is 1. The Morgan fingerprint density at radius 3 is 2.66 bits per heavy atom. The molecule has 32 heavy (non-hydrogen) atoms. The molecule has 0 saturated heterocycles. The van der Waals surface area contributed by atoms with Crippen molar-refractivity contribution in [3.8, 4) is 34.5 Å². The third kappa shape index (κ3) is 5.76. The largest absolute Gasteiger partial charge is 0.412 e. The van der Waals surface area contributed by atoms with Crippen LogP contribution in [-0.4, -0.2) is 55.4 Å². The fraction of sp³-hybridized carbons (Fsp3) is 0.300. The van der Waals surface area contributed by atoms with Crippen LogP contribution in [0.15, 0.2) is 29.7 Å². The number of primary amides is 1. The van der Waals surface area contributed by atoms with Crippen LogP contribution in [0.5, 0.6) is 6.01 Å². The number of carbonyl (C=O) groups excluding carboxylic acids is 1. The Morgan fingerprint density at radius 1 is 1.31 bits per heavy atom. The number of aryl methyl sites for hydroxylation is 2. The third-order valence-electron chi connectivity index (χ3n) is 4.23. The lowest BCUT2D eigenvalue weighted by Crippen LogP contribution is -2.17. The molecular weight excluding hydrogens is 450 g/mol. The maximum atomic E-state index is 10.9. The molecule has 0 aliphatic heterocycles. The highest BCUT2D eigenvalue weighted by Crippen LogP contribution is 2.36. The number of rotatable bonds is 9. The van der Waals surface area contributed by atoms with Gasteiger partial charge >= 0.3 is 12.1 Å². The molecule has 0 aliphatic carbocycles. The number of methoxy groups -OCH3 is 1. The molecule has 0 aliphatic rings. The van der Waals surface area contributed by atoms with Gasteiger partial charge in [0, 0.05) is 60.3 Å². The van der Waals surface area contributed by atoms with Crippen LogP contribution < -0.4 is 10.5 Å². The number of nitrogens with zero attached hydrogens (tertiary/aromatic N) is 6. The van der Waals surface area contributed by atoms with Crippen LogP contribution >= 0.6 is 23.5 Å². The van der Waals surface area contributed by atoms with Crippen LogP contribution in [-0.2, 0) is 11.8 Å². The van der Waals surface area contributed by atoms with Crippen molar-refractivity contribution >= 4 is 29.6 Å². The minimum atomic E-state index is -0.992. The van der Waals surface area contributed by atoms with Crippen molar-refractivity contribution in [2.45, 2.75) is 11.9 Å². The van der Waals surface area contributed by atoms with Gasteiger partial charge in [-0.15, -0.1) is 11.8 Å². The molecule has 2 N–H and O–H groups in total. The van der Waals surface area contributed by atoms with Gasteiger partial charge in [-0.05, 0) is 13.0 Å². The van der Waals surface area contributed by atoms with Gasteiger partial charge in [-0.2, -0.15) is 10.4 Å². The maximum Gasteiger partial charge on any atom is 0.412 e. The SMILES string of the molecule is COCCSCSc1nc(-c2cnc(OC(N)=O)nc2)cc(-c2cn(C)nc2C)c1C#N. The Kier molecular flexibility index (Phi) is 8.04. The Morgan fingerprint density at radius 2 is 2.06 bits per heavy atom. The van der Waals surface area contributed by atoms with E-state index in [1.165, 1.54) is 24.2 Å². The summed E-state index contributed by atoms with van der Waals surface area (Å²) in [5.74, 6) is 0.842. The number of aromatic nitrogens is 5. The van der Waals surface area contributed by atoms with Crippen LogP contribution in [0.3, 0.4) is 0 Å². The summed E-state index contributed by atoms with van der Waals surface area (Å²) in [4.78, 5) is 23.6. The first-order chi connectivity index (χ1) is 15.4. The normalized spacial score (nSPS) is 10.7. The molecule has 0 fully saturated rings. The fourth-order valence-electron chi connectivity index (χ4n) is 2.85. The molecule has 3 aromatic rings. The predicted molar refractivity (Wildman–Crippen MR) is 122 cm³/mol. The summed E-state index contributed by atoms with van der Waals surface area (Å²) in [6.45, 7) is 2.55. The average molecular weight is 472 g/mol. The molecule has 0 radical (unpaired) electrons. The molecule has 10 nitrogen and oxygen atoms in total. The molecule has 0 saturated carbocycles. The highest BCUT2D eigenvalue weighted by Gasteiger charge is 2.19. The minimum absolute atomic E-state index is 0.151. The lowest BCUT2D eigenvalue weighted by Gasteiger charge is -2.12. The van der Waals surface area contributed by atoms with E-state index in [0.29, 0.717) is 33.5 Å². The second-order valence-corrected chi connectivity index (χ2v) is 8.92. The van der Waals surface area contributed by atoms with Crippen LogP contribution in [0.1, 0.15) is 11.3 Å². The van der Waals surface area contributed by atoms with E-state index in [4.69, 9.17) is 15.5 Å². The summed E-state index contributed by atoms with van der Waals surface area (Å²) in [6, 6.07) is 3.97. The first-order valence-electron chi connectivity index (χ1n) is 9.37. The third-order valence-corrected chi connectivity index (χ3v) is 6.39. The summed E-state index contributed by atoms with van der Waals surface area (Å²) in [7, 11) is 3.49. The monoisotopic (exact) mass is 471 g/mol. The zero-order chi connectivity index (χ0) is 23.1. The summed E-state index contributed by atoms with van der Waals surface area (Å²) < 4.78 is 11.5. The summed E-state index contributed by atoms with van der Waals surface area (Å²) in [6.07, 6.45) is 3.85. The molecule has 12 heteroatoms. The molecule has 166 valence electrons. The van der Waals surface area contributed by atoms with Gasteiger partial charge in [-0.25, -0.2) is 19.7 Å². The Bertz CT molecular complexity index is 1140. The second kappa shape index (κ2) is 10.9. The molecule has 3 aromatic heterocycles. The molecular formula is C20H21N7O3S2. The first-order valence-corrected chi connectivity index (χ1v) is 11.5. The predicted octanol–water partition coefficient (Wildman–Crippen LogP) is 3.01. The van der Waals surface area contributed by atoms with Gasteiger partial charge in [0.25, 0.3) is 0 Å². The van der Waals surface area contributed by atoms with Gasteiger partial charge in [0.05, 0.1) is 23.6 Å². The zero-order valence-electron chi connectivity index (χ0n) is 17.7. The minimum Gasteiger partial charge on any atom is -0.384 e. The van der Waals surface area contributed by atoms with Crippen LogP contribution in [0.2, 0.25) is 0 Å². The highest BCUT2D eigenvalue weighted by atomic mass is 32.2. The molecule has 0 atom stereocenters. The topological polar surface area (TPSA) is 142 Å². The van der Waals surface area contributed by atoms with E-state index in [0.717, 1.165) is 22.6 Å². The number of hydrogen-bond acceptors (Lipinski definition) is 10. The quantitative estimate of drug-likeness (QED) is 0.281. The highest BCUT2D eigenvalue weighted by molar-refractivity contribution is 8.16. The lowest BCUT2D eigenvalue weighted by molar-refractivity contribution is 0.207. The molecule has 0 spiro atoms. The van der Waals surface area contributed by atoms with Crippen LogP contribution in [0, 0.1) is 18.3 Å². The number of ether oxygens (including phenoxy) is 2. The van der Waals surface area contributed by atoms with Crippen molar-refractivity contribution in [2.75, 3.05) is 24.6 Å². The first kappa shape index (κ1) is 23.5. The van der Waals surface area contributed by atoms with E-state index in [1.54, 1.807) is 23.6 Å². The van der Waals surface area contributed by atoms with Crippen molar-refractivity contribution < 1.29 is 14.3 Å². The van der Waals surface area contributed by atoms with Gasteiger partial charge in [-0.3, -0.25) is 4.68 Å². The van der Waals surface area contributed by atoms with Gasteiger partial charge < -0.3 is 15.2 Å². The molecule has 3 heterocycles. The van der Waals surface area contributed by atoms with Gasteiger partial charge in [0.2, 0.25) is 0 Å². The van der Waals surface area contributed by atoms with Gasteiger partial charge in [-0.1, -0.05) is 11.8 Å². The number of nitrogens with two attached hydrogens (primary N) is 1. The Balaban J connectivity index is 2.04. The van der Waals surface area contributed by atoms with Crippen molar-refractivity contribution in [3.63, 3.8) is 0 Å². The number of hydrogen-bond donors (Lipinski definition) is 1. The Hall–Kier alpha value is -3.14. The standard InChI is InChI=1S/C20H21N7O3S2/c1-12-16(10-27(2)26-12)14-6-17(13-8-23-20(24-9-13)30-19(22)28)25-18(15(14)7-21)32-11-31-5-4-29-3/h6,8-10H,4-5,11H2,1-3H3,(H2,22,28). The van der Waals surface area contributed by atoms with Crippen LogP contribution in [0.25, 0.3) is 22.4 Å². The number of nitriles is 1. The van der Waals surface area contributed by atoms with Gasteiger partial charge in [0.1, 0.15) is 11.1 Å². The van der Waals surface area contributed by atoms with E-state index >= 15 is 0 Å². The van der Waals surface area contributed by atoms with E-state index in [1.807, 2.05) is 26.2 Å². The number of thioether (sulfide) groups is 2. The molecule has 0 aromatic carbocycles. The van der Waals surface area contributed by atoms with E-state index in [2.05, 4.69) is 25.9 Å². The molecule has 1 amide bonds. The van der Waals surface area contributed by atoms with E-state index in [-0.39, 0.29) is 6.01 Å². The van der Waals surface area contributed by atoms with Gasteiger partial charge in [0.15, 0.2) is 0 Å². The smallest absolute Gasteiger partial charge is 0.384 e. The van der Waals surface area contributed by atoms with Crippen molar-refractivity contribution in [1.82, 2.24) is 24.7 Å². The summed E-state index contributed by atoms with van der Waals surface area (Å²) >= 11 is 3.18. The van der Waals surface area contributed by atoms with Crippen molar-refractivity contribution in [3.05, 3.63) is 35.9 Å². The maximum absolute atomic E-state index is 10.9. The summed E-state index contributed by atoms with van der Waals surface area (Å²) in [5.41, 5.74) is 9.03. The second-order valence-electron chi connectivity index (χ2n) is 6.49. The van der Waals surface area contributed by atoms with Crippen molar-refractivity contribution in [1.29, 1.82) is 5.26 Å². The summed E-state index contributed by atoms with van der Waals surface area (Å²) in [5, 5.41) is 15.7. The number of amides is 1. The average Bonchev–Trinajstić information content (AvgIpc) is 3.10. The molecule has 3 rings (SSSR count). The fourth-order valence-corrected chi connectivity index (χ4v) is 4.85. The molecule has 0 unspecified atom stereocenters. The molecule has 0 bridgehead atoms. The van der Waals surface area contributed by atoms with E-state index in [9.17, 15) is 10.1 Å². The lowest BCUT2D eigenvalue weighted by atomic mass is 10.0. The van der Waals surface area contributed by atoms with Crippen LogP contribution in [0.4, 0.5) is 4.79 Å². The van der Waals surface area contributed by atoms with E-state index < -0.39 is 6.09 Å². The number of carbonyl (C=O) groups is 1.